The number of halogens is 4. The summed E-state index contributed by atoms with van der Waals surface area (Å²) in [6, 6.07) is 2.60. The number of fused-ring (bicyclic) bond motifs is 3. The Kier molecular flexibility index (Phi) is 4.22. The van der Waals surface area contributed by atoms with Gasteiger partial charge in [-0.3, -0.25) is 4.79 Å². The second-order valence-electron chi connectivity index (χ2n) is 5.18. The molecule has 0 bridgehead atoms. The van der Waals surface area contributed by atoms with Crippen molar-refractivity contribution in [1.29, 1.82) is 0 Å². The first-order valence-electron chi connectivity index (χ1n) is 6.69. The second kappa shape index (κ2) is 5.50. The van der Waals surface area contributed by atoms with Crippen molar-refractivity contribution in [3.05, 3.63) is 34.4 Å². The summed E-state index contributed by atoms with van der Waals surface area (Å²) < 4.78 is 39.7. The van der Waals surface area contributed by atoms with Crippen LogP contribution < -0.4 is 5.32 Å². The molecule has 0 saturated carbocycles. The summed E-state index contributed by atoms with van der Waals surface area (Å²) in [5, 5.41) is 3.14. The zero-order valence-electron chi connectivity index (χ0n) is 11.5. The minimum atomic E-state index is -4.49. The average Bonchev–Trinajstić information content (AvgIpc) is 2.71. The molecule has 0 aromatic heterocycles. The monoisotopic (exact) mass is 320 g/mol. The van der Waals surface area contributed by atoms with Crippen molar-refractivity contribution in [3.8, 4) is 0 Å². The van der Waals surface area contributed by atoms with E-state index in [1.165, 1.54) is 0 Å². The van der Waals surface area contributed by atoms with Crippen LogP contribution in [-0.4, -0.2) is 30.4 Å². The van der Waals surface area contributed by atoms with Gasteiger partial charge in [0.15, 0.2) is 0 Å². The van der Waals surface area contributed by atoms with Crippen molar-refractivity contribution in [2.45, 2.75) is 25.6 Å². The highest BCUT2D eigenvalue weighted by atomic mass is 35.5. The van der Waals surface area contributed by atoms with Crippen molar-refractivity contribution < 1.29 is 18.0 Å². The highest BCUT2D eigenvalue weighted by Crippen LogP contribution is 2.42. The van der Waals surface area contributed by atoms with Crippen molar-refractivity contribution in [3.63, 3.8) is 0 Å². The van der Waals surface area contributed by atoms with E-state index in [1.807, 2.05) is 6.92 Å². The second-order valence-corrected chi connectivity index (χ2v) is 5.18. The Bertz CT molecular complexity index is 574. The van der Waals surface area contributed by atoms with Gasteiger partial charge in [0.1, 0.15) is 0 Å². The lowest BCUT2D eigenvalue weighted by atomic mass is 9.94. The van der Waals surface area contributed by atoms with Gasteiger partial charge >= 0.3 is 6.18 Å². The Balaban J connectivity index is 0.00000161. The molecular weight excluding hydrogens is 305 g/mol. The molecule has 0 radical (unpaired) electrons. The van der Waals surface area contributed by atoms with Crippen LogP contribution in [0.4, 0.5) is 13.2 Å². The first-order valence-corrected chi connectivity index (χ1v) is 6.69. The topological polar surface area (TPSA) is 32.3 Å². The van der Waals surface area contributed by atoms with E-state index in [9.17, 15) is 18.0 Å². The van der Waals surface area contributed by atoms with Gasteiger partial charge in [0.05, 0.1) is 17.2 Å². The summed E-state index contributed by atoms with van der Waals surface area (Å²) in [6.45, 7) is 3.41. The van der Waals surface area contributed by atoms with Crippen LogP contribution in [0.2, 0.25) is 0 Å². The number of carbonyl (C=O) groups excluding carboxylic acids is 1. The minimum absolute atomic E-state index is 0. The summed E-state index contributed by atoms with van der Waals surface area (Å²) in [5.74, 6) is -0.485. The first kappa shape index (κ1) is 16.1. The molecule has 2 heterocycles. The van der Waals surface area contributed by atoms with Crippen molar-refractivity contribution in [2.75, 3.05) is 19.6 Å². The molecule has 116 valence electrons. The molecule has 1 N–H and O–H groups in total. The Morgan fingerprint density at radius 2 is 2.10 bits per heavy atom. The molecule has 1 saturated heterocycles. The lowest BCUT2D eigenvalue weighted by Crippen LogP contribution is -2.44. The van der Waals surface area contributed by atoms with Crippen LogP contribution in [0, 0.1) is 0 Å². The van der Waals surface area contributed by atoms with E-state index in [1.54, 1.807) is 11.0 Å². The van der Waals surface area contributed by atoms with Crippen LogP contribution in [0.25, 0.3) is 0 Å². The lowest BCUT2D eigenvalue weighted by Gasteiger charge is -2.30. The maximum atomic E-state index is 13.2. The van der Waals surface area contributed by atoms with Crippen LogP contribution in [0.15, 0.2) is 12.1 Å². The number of hydrogen-bond donors (Lipinski definition) is 1. The van der Waals surface area contributed by atoms with E-state index in [0.717, 1.165) is 6.07 Å². The van der Waals surface area contributed by atoms with E-state index in [2.05, 4.69) is 5.32 Å². The quantitative estimate of drug-likeness (QED) is 0.863. The molecule has 2 aliphatic rings. The maximum Gasteiger partial charge on any atom is 0.417 e. The number of nitrogens with zero attached hydrogens (tertiary/aromatic N) is 1. The van der Waals surface area contributed by atoms with E-state index in [-0.39, 0.29) is 24.0 Å². The molecule has 1 aromatic rings. The van der Waals surface area contributed by atoms with Crippen LogP contribution >= 0.6 is 12.4 Å². The minimum Gasteiger partial charge on any atom is -0.329 e. The predicted octanol–water partition coefficient (Wildman–Crippen LogP) is 2.79. The molecule has 21 heavy (non-hydrogen) atoms. The van der Waals surface area contributed by atoms with E-state index in [4.69, 9.17) is 0 Å². The number of nitrogens with one attached hydrogen (secondary N) is 1. The predicted molar refractivity (Wildman–Crippen MR) is 74.7 cm³/mol. The van der Waals surface area contributed by atoms with Crippen LogP contribution in [0.1, 0.15) is 40.0 Å². The average molecular weight is 321 g/mol. The molecular formula is C14H16ClF3N2O. The number of benzene rings is 1. The molecule has 0 spiro atoms. The summed E-state index contributed by atoms with van der Waals surface area (Å²) in [4.78, 5) is 13.8. The Morgan fingerprint density at radius 3 is 2.71 bits per heavy atom. The van der Waals surface area contributed by atoms with Gasteiger partial charge in [-0.05, 0) is 23.6 Å². The summed E-state index contributed by atoms with van der Waals surface area (Å²) in [6.07, 6.45) is -3.97. The highest BCUT2D eigenvalue weighted by Gasteiger charge is 2.45. The number of alkyl halides is 3. The van der Waals surface area contributed by atoms with Gasteiger partial charge in [0.2, 0.25) is 0 Å². The van der Waals surface area contributed by atoms with Crippen LogP contribution in [0.5, 0.6) is 0 Å². The molecule has 1 amide bonds. The van der Waals surface area contributed by atoms with Gasteiger partial charge in [0.25, 0.3) is 5.91 Å². The number of aryl methyl sites for hydroxylation is 1. The fourth-order valence-electron chi connectivity index (χ4n) is 3.02. The van der Waals surface area contributed by atoms with Gasteiger partial charge < -0.3 is 10.2 Å². The van der Waals surface area contributed by atoms with Crippen molar-refractivity contribution in [2.24, 2.45) is 0 Å². The number of piperazine rings is 1. The largest absolute Gasteiger partial charge is 0.417 e. The Hall–Kier alpha value is -1.27. The molecule has 0 aliphatic carbocycles. The van der Waals surface area contributed by atoms with E-state index < -0.39 is 17.6 Å². The fraction of sp³-hybridized carbons (Fsp3) is 0.500. The third kappa shape index (κ3) is 2.51. The van der Waals surface area contributed by atoms with Crippen LogP contribution in [-0.2, 0) is 12.6 Å². The number of hydrogen-bond acceptors (Lipinski definition) is 2. The lowest BCUT2D eigenvalue weighted by molar-refractivity contribution is -0.138. The molecule has 3 rings (SSSR count). The van der Waals surface area contributed by atoms with E-state index in [0.29, 0.717) is 37.2 Å². The van der Waals surface area contributed by atoms with Gasteiger partial charge in [0, 0.05) is 19.6 Å². The third-order valence-corrected chi connectivity index (χ3v) is 4.02. The maximum absolute atomic E-state index is 13.2. The van der Waals surface area contributed by atoms with Gasteiger partial charge in [-0.25, -0.2) is 0 Å². The van der Waals surface area contributed by atoms with Gasteiger partial charge in [-0.1, -0.05) is 13.0 Å². The number of carbonyl (C=O) groups is 1. The van der Waals surface area contributed by atoms with Gasteiger partial charge in [-0.15, -0.1) is 12.4 Å². The van der Waals surface area contributed by atoms with Crippen molar-refractivity contribution in [1.82, 2.24) is 10.2 Å². The molecule has 1 atom stereocenters. The van der Waals surface area contributed by atoms with E-state index >= 15 is 0 Å². The SMILES string of the molecule is CCc1cc2c(c(C(F)(F)F)c1)C(=O)N1CCNC[C@@H]21.Cl. The molecule has 0 unspecified atom stereocenters. The molecule has 7 heteroatoms. The Morgan fingerprint density at radius 1 is 1.38 bits per heavy atom. The molecule has 1 aromatic carbocycles. The number of amides is 1. The zero-order chi connectivity index (χ0) is 14.5. The Labute approximate surface area is 126 Å². The first-order chi connectivity index (χ1) is 9.43. The number of rotatable bonds is 1. The standard InChI is InChI=1S/C14H15F3N2O.ClH/c1-2-8-5-9-11-7-18-3-4-19(11)13(20)12(9)10(6-8)14(15,16)17;/h5-6,11,18H,2-4,7H2,1H3;1H/t11-;/m0./s1. The van der Waals surface area contributed by atoms with Crippen LogP contribution in [0.3, 0.4) is 0 Å². The smallest absolute Gasteiger partial charge is 0.329 e. The van der Waals surface area contributed by atoms with Gasteiger partial charge in [-0.2, -0.15) is 13.2 Å². The molecule has 1 fully saturated rings. The molecule has 3 nitrogen and oxygen atoms in total. The normalized spacial score (nSPS) is 20.9. The summed E-state index contributed by atoms with van der Waals surface area (Å²) >= 11 is 0. The summed E-state index contributed by atoms with van der Waals surface area (Å²) in [7, 11) is 0. The fourth-order valence-corrected chi connectivity index (χ4v) is 3.02. The summed E-state index contributed by atoms with van der Waals surface area (Å²) in [5.41, 5.74) is 0.208. The van der Waals surface area contributed by atoms with Crippen molar-refractivity contribution >= 4 is 18.3 Å². The molecule has 2 aliphatic heterocycles. The zero-order valence-corrected chi connectivity index (χ0v) is 12.3. The third-order valence-electron chi connectivity index (χ3n) is 4.02. The highest BCUT2D eigenvalue weighted by molar-refractivity contribution is 6.01.